The minimum Gasteiger partial charge on any atom is -0.301 e. The van der Waals surface area contributed by atoms with E-state index in [0.29, 0.717) is 12.6 Å². The monoisotopic (exact) mass is 186 g/mol. The summed E-state index contributed by atoms with van der Waals surface area (Å²) < 4.78 is 0. The third kappa shape index (κ3) is 2.95. The molecule has 0 aromatic heterocycles. The number of nitrogens with two attached hydrogens (primary N) is 1. The molecule has 1 amide bonds. The van der Waals surface area contributed by atoms with Crippen LogP contribution in [0.2, 0.25) is 0 Å². The van der Waals surface area contributed by atoms with E-state index in [1.807, 2.05) is 0 Å². The summed E-state index contributed by atoms with van der Waals surface area (Å²) in [5.74, 6) is 4.90. The Labute approximate surface area is 78.8 Å². The molecule has 1 atom stereocenters. The third-order valence-electron chi connectivity index (χ3n) is 2.57. The summed E-state index contributed by atoms with van der Waals surface area (Å²) in [5.41, 5.74) is 2.14. The van der Waals surface area contributed by atoms with Gasteiger partial charge in [-0.25, -0.2) is 5.84 Å². The van der Waals surface area contributed by atoms with Crippen LogP contribution in [-0.4, -0.2) is 55.0 Å². The Kier molecular flexibility index (Phi) is 3.65. The van der Waals surface area contributed by atoms with Gasteiger partial charge in [0.25, 0.3) is 0 Å². The molecule has 0 aliphatic carbocycles. The largest absolute Gasteiger partial charge is 0.301 e. The molecule has 76 valence electrons. The van der Waals surface area contributed by atoms with Crippen molar-refractivity contribution in [1.29, 1.82) is 0 Å². The molecule has 1 heterocycles. The first-order valence-corrected chi connectivity index (χ1v) is 4.55. The SMILES string of the molecule is CC1CN(CC(=O)NN)CCN1C. The summed E-state index contributed by atoms with van der Waals surface area (Å²) in [6, 6.07) is 0.513. The number of nitrogens with one attached hydrogen (secondary N) is 1. The van der Waals surface area contributed by atoms with Gasteiger partial charge in [0.15, 0.2) is 0 Å². The minimum absolute atomic E-state index is 0.114. The predicted molar refractivity (Wildman–Crippen MR) is 50.9 cm³/mol. The van der Waals surface area contributed by atoms with E-state index in [1.165, 1.54) is 0 Å². The lowest BCUT2D eigenvalue weighted by molar-refractivity contribution is -0.122. The Morgan fingerprint density at radius 2 is 2.31 bits per heavy atom. The number of likely N-dealkylation sites (N-methyl/N-ethyl adjacent to an activating group) is 1. The van der Waals surface area contributed by atoms with Crippen molar-refractivity contribution >= 4 is 5.91 Å². The fourth-order valence-electron chi connectivity index (χ4n) is 1.52. The molecule has 0 radical (unpaired) electrons. The normalized spacial score (nSPS) is 25.9. The topological polar surface area (TPSA) is 61.6 Å². The Hall–Kier alpha value is -0.650. The fraction of sp³-hybridized carbons (Fsp3) is 0.875. The Morgan fingerprint density at radius 1 is 1.62 bits per heavy atom. The van der Waals surface area contributed by atoms with E-state index < -0.39 is 0 Å². The number of rotatable bonds is 2. The van der Waals surface area contributed by atoms with Gasteiger partial charge in [-0.1, -0.05) is 0 Å². The molecular formula is C8H18N4O. The van der Waals surface area contributed by atoms with Crippen LogP contribution in [0.3, 0.4) is 0 Å². The van der Waals surface area contributed by atoms with Gasteiger partial charge in [-0.15, -0.1) is 0 Å². The molecule has 0 aromatic carbocycles. The lowest BCUT2D eigenvalue weighted by atomic mass is 10.2. The first-order valence-electron chi connectivity index (χ1n) is 4.55. The number of hydrogen-bond donors (Lipinski definition) is 2. The Bertz CT molecular complexity index is 185. The lowest BCUT2D eigenvalue weighted by Crippen LogP contribution is -2.52. The molecule has 1 fully saturated rings. The highest BCUT2D eigenvalue weighted by molar-refractivity contribution is 5.77. The van der Waals surface area contributed by atoms with Crippen molar-refractivity contribution in [3.05, 3.63) is 0 Å². The van der Waals surface area contributed by atoms with Crippen molar-refractivity contribution in [3.63, 3.8) is 0 Å². The Balaban J connectivity index is 2.33. The number of carbonyl (C=O) groups is 1. The summed E-state index contributed by atoms with van der Waals surface area (Å²) in [7, 11) is 2.10. The van der Waals surface area contributed by atoms with Gasteiger partial charge in [0, 0.05) is 25.7 Å². The maximum Gasteiger partial charge on any atom is 0.248 e. The summed E-state index contributed by atoms with van der Waals surface area (Å²) in [4.78, 5) is 15.4. The number of nitrogens with zero attached hydrogens (tertiary/aromatic N) is 2. The van der Waals surface area contributed by atoms with Crippen molar-refractivity contribution in [2.45, 2.75) is 13.0 Å². The van der Waals surface area contributed by atoms with E-state index in [4.69, 9.17) is 5.84 Å². The predicted octanol–water partition coefficient (Wildman–Crippen LogP) is -1.39. The number of hydrazine groups is 1. The highest BCUT2D eigenvalue weighted by Gasteiger charge is 2.21. The molecule has 0 spiro atoms. The number of carbonyl (C=O) groups excluding carboxylic acids is 1. The lowest BCUT2D eigenvalue weighted by Gasteiger charge is -2.37. The molecule has 5 nitrogen and oxygen atoms in total. The van der Waals surface area contributed by atoms with Gasteiger partial charge in [-0.2, -0.15) is 0 Å². The van der Waals surface area contributed by atoms with Crippen molar-refractivity contribution < 1.29 is 4.79 Å². The quantitative estimate of drug-likeness (QED) is 0.317. The summed E-state index contributed by atoms with van der Waals surface area (Å²) >= 11 is 0. The molecule has 0 aromatic rings. The minimum atomic E-state index is -0.114. The van der Waals surface area contributed by atoms with E-state index in [-0.39, 0.29) is 5.91 Å². The van der Waals surface area contributed by atoms with E-state index in [0.717, 1.165) is 19.6 Å². The van der Waals surface area contributed by atoms with Gasteiger partial charge in [0.05, 0.1) is 6.54 Å². The van der Waals surface area contributed by atoms with Crippen molar-refractivity contribution in [1.82, 2.24) is 15.2 Å². The zero-order valence-electron chi connectivity index (χ0n) is 8.29. The van der Waals surface area contributed by atoms with Gasteiger partial charge in [-0.3, -0.25) is 15.1 Å². The average molecular weight is 186 g/mol. The highest BCUT2D eigenvalue weighted by Crippen LogP contribution is 2.05. The van der Waals surface area contributed by atoms with Crippen molar-refractivity contribution in [3.8, 4) is 0 Å². The second-order valence-electron chi connectivity index (χ2n) is 3.63. The molecule has 1 aliphatic rings. The highest BCUT2D eigenvalue weighted by atomic mass is 16.2. The summed E-state index contributed by atoms with van der Waals surface area (Å²) in [5, 5.41) is 0. The fourth-order valence-corrected chi connectivity index (χ4v) is 1.52. The van der Waals surface area contributed by atoms with Gasteiger partial charge < -0.3 is 4.90 Å². The molecule has 13 heavy (non-hydrogen) atoms. The number of hydrogen-bond acceptors (Lipinski definition) is 4. The van der Waals surface area contributed by atoms with Crippen LogP contribution in [0.1, 0.15) is 6.92 Å². The van der Waals surface area contributed by atoms with Crippen LogP contribution < -0.4 is 11.3 Å². The van der Waals surface area contributed by atoms with Crippen LogP contribution in [0, 0.1) is 0 Å². The molecule has 1 rings (SSSR count). The van der Waals surface area contributed by atoms with E-state index >= 15 is 0 Å². The standard InChI is InChI=1S/C8H18N4O/c1-7-5-12(4-3-11(7)2)6-8(13)10-9/h7H,3-6,9H2,1-2H3,(H,10,13). The molecule has 0 saturated carbocycles. The first-order chi connectivity index (χ1) is 6.13. The van der Waals surface area contributed by atoms with Crippen molar-refractivity contribution in [2.75, 3.05) is 33.2 Å². The van der Waals surface area contributed by atoms with Crippen LogP contribution in [0.4, 0.5) is 0 Å². The summed E-state index contributed by atoms with van der Waals surface area (Å²) in [6.45, 7) is 5.46. The molecule has 5 heteroatoms. The van der Waals surface area contributed by atoms with Gasteiger partial charge in [0.1, 0.15) is 0 Å². The smallest absolute Gasteiger partial charge is 0.248 e. The molecule has 0 bridgehead atoms. The molecule has 1 unspecified atom stereocenters. The molecule has 3 N–H and O–H groups in total. The summed E-state index contributed by atoms with van der Waals surface area (Å²) in [6.07, 6.45) is 0. The molecule has 1 saturated heterocycles. The second kappa shape index (κ2) is 4.55. The zero-order chi connectivity index (χ0) is 9.84. The van der Waals surface area contributed by atoms with Crippen molar-refractivity contribution in [2.24, 2.45) is 5.84 Å². The van der Waals surface area contributed by atoms with E-state index in [9.17, 15) is 4.79 Å². The molecule has 1 aliphatic heterocycles. The number of piperazine rings is 1. The zero-order valence-corrected chi connectivity index (χ0v) is 8.29. The van der Waals surface area contributed by atoms with Gasteiger partial charge in [0.2, 0.25) is 5.91 Å². The molecular weight excluding hydrogens is 168 g/mol. The maximum absolute atomic E-state index is 11.0. The van der Waals surface area contributed by atoms with E-state index in [2.05, 4.69) is 29.2 Å². The van der Waals surface area contributed by atoms with Gasteiger partial charge >= 0.3 is 0 Å². The van der Waals surface area contributed by atoms with Crippen LogP contribution >= 0.6 is 0 Å². The first kappa shape index (κ1) is 10.4. The second-order valence-corrected chi connectivity index (χ2v) is 3.63. The number of amides is 1. The van der Waals surface area contributed by atoms with E-state index in [1.54, 1.807) is 0 Å². The van der Waals surface area contributed by atoms with Crippen LogP contribution in [0.5, 0.6) is 0 Å². The maximum atomic E-state index is 11.0. The third-order valence-corrected chi connectivity index (χ3v) is 2.57. The van der Waals surface area contributed by atoms with Crippen LogP contribution in [-0.2, 0) is 4.79 Å². The van der Waals surface area contributed by atoms with Gasteiger partial charge in [-0.05, 0) is 14.0 Å². The van der Waals surface area contributed by atoms with Crippen LogP contribution in [0.15, 0.2) is 0 Å². The van der Waals surface area contributed by atoms with Crippen LogP contribution in [0.25, 0.3) is 0 Å². The Morgan fingerprint density at radius 3 is 2.85 bits per heavy atom. The average Bonchev–Trinajstić information content (AvgIpc) is 2.11.